The Morgan fingerprint density at radius 2 is 2.16 bits per heavy atom. The van der Waals surface area contributed by atoms with E-state index < -0.39 is 18.2 Å². The molecule has 0 aliphatic heterocycles. The van der Waals surface area contributed by atoms with Crippen molar-refractivity contribution in [3.05, 3.63) is 29.3 Å². The van der Waals surface area contributed by atoms with Crippen LogP contribution in [-0.4, -0.2) is 43.0 Å². The number of nitrogens with one attached hydrogen (secondary N) is 1. The molecule has 106 valence electrons. The smallest absolute Gasteiger partial charge is 0.338 e. The summed E-state index contributed by atoms with van der Waals surface area (Å²) in [5, 5.41) is 22.9. The van der Waals surface area contributed by atoms with Crippen LogP contribution in [0.25, 0.3) is 0 Å². The predicted molar refractivity (Wildman–Crippen MR) is 71.7 cm³/mol. The van der Waals surface area contributed by atoms with Gasteiger partial charge in [0, 0.05) is 5.69 Å². The minimum Gasteiger partial charge on any atom is -0.465 e. The maximum Gasteiger partial charge on any atom is 0.338 e. The molecule has 2 unspecified atom stereocenters. The van der Waals surface area contributed by atoms with E-state index in [0.29, 0.717) is 24.2 Å². The molecule has 0 saturated heterocycles. The van der Waals surface area contributed by atoms with Gasteiger partial charge in [0.1, 0.15) is 6.10 Å². The molecule has 0 amide bonds. The van der Waals surface area contributed by atoms with Crippen LogP contribution in [-0.2, 0) is 4.74 Å². The molecule has 2 atom stereocenters. The molecule has 0 aliphatic carbocycles. The van der Waals surface area contributed by atoms with Gasteiger partial charge in [0.25, 0.3) is 0 Å². The average Bonchev–Trinajstić information content (AvgIpc) is 2.42. The number of hydrogen-bond donors (Lipinski definition) is 4. The number of ether oxygens (including phenoxy) is 1. The van der Waals surface area contributed by atoms with Gasteiger partial charge in [-0.3, -0.25) is 0 Å². The Morgan fingerprint density at radius 1 is 1.47 bits per heavy atom. The standard InChI is InChI=1S/C13H20N2O4/c1-15-6-5-11(16)12(17)9-4-3-8(14)7-10(9)13(18)19-2/h3-4,7,11-12,15-17H,5-6,14H2,1-2H3. The van der Waals surface area contributed by atoms with E-state index in [1.165, 1.54) is 19.2 Å². The van der Waals surface area contributed by atoms with Crippen LogP contribution in [0.1, 0.15) is 28.4 Å². The van der Waals surface area contributed by atoms with Crippen LogP contribution >= 0.6 is 0 Å². The van der Waals surface area contributed by atoms with Crippen molar-refractivity contribution in [1.29, 1.82) is 0 Å². The number of nitrogens with two attached hydrogens (primary N) is 1. The highest BCUT2D eigenvalue weighted by Gasteiger charge is 2.24. The Labute approximate surface area is 112 Å². The molecule has 19 heavy (non-hydrogen) atoms. The largest absolute Gasteiger partial charge is 0.465 e. The number of rotatable bonds is 6. The van der Waals surface area contributed by atoms with Gasteiger partial charge >= 0.3 is 5.97 Å². The number of aliphatic hydroxyl groups excluding tert-OH is 2. The Bertz CT molecular complexity index is 437. The van der Waals surface area contributed by atoms with Crippen LogP contribution in [0.2, 0.25) is 0 Å². The summed E-state index contributed by atoms with van der Waals surface area (Å²) in [7, 11) is 3.00. The molecule has 0 fully saturated rings. The van der Waals surface area contributed by atoms with Crippen LogP contribution in [0.3, 0.4) is 0 Å². The Morgan fingerprint density at radius 3 is 2.74 bits per heavy atom. The second-order valence-corrected chi connectivity index (χ2v) is 4.24. The summed E-state index contributed by atoms with van der Waals surface area (Å²) in [6.07, 6.45) is -1.77. The lowest BCUT2D eigenvalue weighted by molar-refractivity contribution is 0.0129. The molecular weight excluding hydrogens is 248 g/mol. The fourth-order valence-corrected chi connectivity index (χ4v) is 1.78. The number of esters is 1. The first-order valence-corrected chi connectivity index (χ1v) is 5.99. The first kappa shape index (κ1) is 15.4. The zero-order valence-electron chi connectivity index (χ0n) is 11.1. The Kier molecular flexibility index (Phi) is 5.75. The SMILES string of the molecule is CNCCC(O)C(O)c1ccc(N)cc1C(=O)OC. The first-order valence-electron chi connectivity index (χ1n) is 5.99. The van der Waals surface area contributed by atoms with E-state index in [-0.39, 0.29) is 5.56 Å². The maximum absolute atomic E-state index is 11.6. The molecule has 0 aromatic heterocycles. The zero-order chi connectivity index (χ0) is 14.4. The zero-order valence-corrected chi connectivity index (χ0v) is 11.1. The summed E-state index contributed by atoms with van der Waals surface area (Å²) in [4.78, 5) is 11.6. The van der Waals surface area contributed by atoms with Crippen LogP contribution in [0.15, 0.2) is 18.2 Å². The average molecular weight is 268 g/mol. The van der Waals surface area contributed by atoms with Gasteiger partial charge in [-0.2, -0.15) is 0 Å². The maximum atomic E-state index is 11.6. The molecule has 0 spiro atoms. The molecule has 0 saturated carbocycles. The third-order valence-corrected chi connectivity index (χ3v) is 2.86. The van der Waals surface area contributed by atoms with E-state index in [1.54, 1.807) is 13.1 Å². The third kappa shape index (κ3) is 3.92. The molecule has 5 N–H and O–H groups in total. The van der Waals surface area contributed by atoms with Gasteiger partial charge in [0.15, 0.2) is 0 Å². The van der Waals surface area contributed by atoms with E-state index in [1.807, 2.05) is 0 Å². The number of carbonyl (C=O) groups excluding carboxylic acids is 1. The predicted octanol–water partition coefficient (Wildman–Crippen LogP) is 0.0592. The highest BCUT2D eigenvalue weighted by atomic mass is 16.5. The quantitative estimate of drug-likeness (QED) is 0.429. The van der Waals surface area contributed by atoms with E-state index >= 15 is 0 Å². The lowest BCUT2D eigenvalue weighted by Crippen LogP contribution is -2.25. The second kappa shape index (κ2) is 7.08. The summed E-state index contributed by atoms with van der Waals surface area (Å²) in [6.45, 7) is 0.556. The number of hydrogen-bond acceptors (Lipinski definition) is 6. The van der Waals surface area contributed by atoms with E-state index in [4.69, 9.17) is 5.73 Å². The summed E-state index contributed by atoms with van der Waals surface area (Å²) in [6, 6.07) is 4.51. The first-order chi connectivity index (χ1) is 9.01. The lowest BCUT2D eigenvalue weighted by atomic mass is 9.96. The minimum atomic E-state index is -1.16. The summed E-state index contributed by atoms with van der Waals surface area (Å²) >= 11 is 0. The summed E-state index contributed by atoms with van der Waals surface area (Å²) in [5.74, 6) is -0.595. The fraction of sp³-hybridized carbons (Fsp3) is 0.462. The normalized spacial score (nSPS) is 13.9. The molecule has 0 aliphatic rings. The number of nitrogen functional groups attached to an aromatic ring is 1. The van der Waals surface area contributed by atoms with Gasteiger partial charge in [-0.1, -0.05) is 6.07 Å². The molecule has 1 aromatic rings. The van der Waals surface area contributed by atoms with Crippen molar-refractivity contribution in [1.82, 2.24) is 5.32 Å². The number of benzene rings is 1. The molecule has 0 bridgehead atoms. The number of methoxy groups -OCH3 is 1. The van der Waals surface area contributed by atoms with Gasteiger partial charge in [-0.25, -0.2) is 4.79 Å². The summed E-state index contributed by atoms with van der Waals surface area (Å²) < 4.78 is 4.64. The number of anilines is 1. The number of carbonyl (C=O) groups is 1. The lowest BCUT2D eigenvalue weighted by Gasteiger charge is -2.20. The second-order valence-electron chi connectivity index (χ2n) is 4.24. The van der Waals surface area contributed by atoms with Crippen molar-refractivity contribution in [3.8, 4) is 0 Å². The van der Waals surface area contributed by atoms with Gasteiger partial charge in [-0.05, 0) is 37.7 Å². The monoisotopic (exact) mass is 268 g/mol. The third-order valence-electron chi connectivity index (χ3n) is 2.86. The molecule has 1 rings (SSSR count). The van der Waals surface area contributed by atoms with Crippen molar-refractivity contribution in [2.75, 3.05) is 26.4 Å². The molecule has 6 nitrogen and oxygen atoms in total. The van der Waals surface area contributed by atoms with E-state index in [0.717, 1.165) is 0 Å². The van der Waals surface area contributed by atoms with Crippen molar-refractivity contribution < 1.29 is 19.7 Å². The highest BCUT2D eigenvalue weighted by Crippen LogP contribution is 2.25. The van der Waals surface area contributed by atoms with Crippen molar-refractivity contribution >= 4 is 11.7 Å². The van der Waals surface area contributed by atoms with Crippen LogP contribution in [0.4, 0.5) is 5.69 Å². The van der Waals surface area contributed by atoms with Crippen molar-refractivity contribution in [3.63, 3.8) is 0 Å². The number of aliphatic hydroxyl groups is 2. The molecule has 1 aromatic carbocycles. The van der Waals surface area contributed by atoms with Crippen molar-refractivity contribution in [2.24, 2.45) is 0 Å². The topological polar surface area (TPSA) is 105 Å². The molecule has 6 heteroatoms. The van der Waals surface area contributed by atoms with Gasteiger partial charge in [-0.15, -0.1) is 0 Å². The highest BCUT2D eigenvalue weighted by molar-refractivity contribution is 5.92. The van der Waals surface area contributed by atoms with E-state index in [9.17, 15) is 15.0 Å². The van der Waals surface area contributed by atoms with Crippen LogP contribution < -0.4 is 11.1 Å². The Hall–Kier alpha value is -1.63. The van der Waals surface area contributed by atoms with Crippen LogP contribution in [0.5, 0.6) is 0 Å². The Balaban J connectivity index is 3.01. The van der Waals surface area contributed by atoms with Gasteiger partial charge in [0.2, 0.25) is 0 Å². The van der Waals surface area contributed by atoms with Gasteiger partial charge in [0.05, 0.1) is 18.8 Å². The fourth-order valence-electron chi connectivity index (χ4n) is 1.78. The molecule has 0 heterocycles. The van der Waals surface area contributed by atoms with Crippen LogP contribution in [0, 0.1) is 0 Å². The minimum absolute atomic E-state index is 0.165. The summed E-state index contributed by atoms with van der Waals surface area (Å²) in [5.41, 5.74) is 6.48. The van der Waals surface area contributed by atoms with Gasteiger partial charge < -0.3 is 26.0 Å². The van der Waals surface area contributed by atoms with Crippen molar-refractivity contribution in [2.45, 2.75) is 18.6 Å². The molecular formula is C13H20N2O4. The molecule has 0 radical (unpaired) electrons. The van der Waals surface area contributed by atoms with E-state index in [2.05, 4.69) is 10.1 Å².